The van der Waals surface area contributed by atoms with Crippen molar-refractivity contribution in [3.8, 4) is 16.6 Å². The van der Waals surface area contributed by atoms with Crippen LogP contribution in [0.4, 0.5) is 0 Å². The molecule has 0 bridgehead atoms. The Morgan fingerprint density at radius 3 is 2.85 bits per heavy atom. The predicted octanol–water partition coefficient (Wildman–Crippen LogP) is 3.31. The number of fused-ring (bicyclic) bond motifs is 1. The van der Waals surface area contributed by atoms with Gasteiger partial charge in [-0.15, -0.1) is 11.3 Å². The summed E-state index contributed by atoms with van der Waals surface area (Å²) in [7, 11) is 1.63. The molecule has 1 aromatic carbocycles. The van der Waals surface area contributed by atoms with Gasteiger partial charge >= 0.3 is 5.97 Å². The highest BCUT2D eigenvalue weighted by molar-refractivity contribution is 7.17. The molecule has 0 fully saturated rings. The highest BCUT2D eigenvalue weighted by Crippen LogP contribution is 2.32. The van der Waals surface area contributed by atoms with Crippen molar-refractivity contribution in [2.45, 2.75) is 13.5 Å². The van der Waals surface area contributed by atoms with E-state index in [1.165, 1.54) is 0 Å². The van der Waals surface area contributed by atoms with Gasteiger partial charge in [-0.1, -0.05) is 0 Å². The van der Waals surface area contributed by atoms with Gasteiger partial charge in [0.2, 0.25) is 0 Å². The van der Waals surface area contributed by atoms with E-state index in [9.17, 15) is 15.2 Å². The number of carboxylic acid groups (broad SMARTS) is 1. The molecule has 8 heteroatoms. The highest BCUT2D eigenvalue weighted by atomic mass is 32.1. The lowest BCUT2D eigenvalue weighted by Gasteiger charge is -2.07. The molecule has 140 valence electrons. The number of ether oxygens (including phenoxy) is 2. The number of aromatic carboxylic acids is 1. The van der Waals surface area contributed by atoms with Gasteiger partial charge in [0.05, 0.1) is 31.1 Å². The van der Waals surface area contributed by atoms with E-state index in [0.717, 1.165) is 27.8 Å². The van der Waals surface area contributed by atoms with Gasteiger partial charge in [0.25, 0.3) is 0 Å². The molecule has 0 amide bonds. The van der Waals surface area contributed by atoms with E-state index in [0.29, 0.717) is 42.6 Å². The summed E-state index contributed by atoms with van der Waals surface area (Å²) >= 11 is 1.14. The Balaban J connectivity index is 1.90. The number of thiazole rings is 1. The average Bonchev–Trinajstić information content (AvgIpc) is 3.22. The molecule has 1 N–H and O–H groups in total. The molecule has 0 saturated heterocycles. The fourth-order valence-electron chi connectivity index (χ4n) is 2.83. The lowest BCUT2D eigenvalue weighted by molar-refractivity contribution is 0.0670. The van der Waals surface area contributed by atoms with E-state index < -0.39 is 5.97 Å². The van der Waals surface area contributed by atoms with E-state index >= 15 is 0 Å². The zero-order valence-corrected chi connectivity index (χ0v) is 15.9. The first-order chi connectivity index (χ1) is 13.0. The summed E-state index contributed by atoms with van der Waals surface area (Å²) in [6.07, 6.45) is 1.81. The zero-order valence-electron chi connectivity index (χ0n) is 15.1. The summed E-state index contributed by atoms with van der Waals surface area (Å²) in [6.45, 7) is 3.90. The summed E-state index contributed by atoms with van der Waals surface area (Å²) in [5.74, 6) is -0.977. The van der Waals surface area contributed by atoms with Crippen LogP contribution >= 0.6 is 11.3 Å². The lowest BCUT2D eigenvalue weighted by Crippen LogP contribution is -2.08. The average molecular weight is 385 g/mol. The molecule has 0 unspecified atom stereocenters. The van der Waals surface area contributed by atoms with Gasteiger partial charge < -0.3 is 19.1 Å². The van der Waals surface area contributed by atoms with E-state index in [-0.39, 0.29) is 4.88 Å². The van der Waals surface area contributed by atoms with Gasteiger partial charge in [-0.3, -0.25) is 0 Å². The molecule has 0 atom stereocenters. The van der Waals surface area contributed by atoms with Crippen molar-refractivity contribution in [2.75, 3.05) is 26.9 Å². The Kier molecular flexibility index (Phi) is 5.86. The van der Waals surface area contributed by atoms with Crippen LogP contribution in [-0.4, -0.2) is 47.6 Å². The zero-order chi connectivity index (χ0) is 19.4. The number of carboxylic acids is 1. The molecule has 27 heavy (non-hydrogen) atoms. The quantitative estimate of drug-likeness (QED) is 0.598. The molecule has 0 aliphatic rings. The number of aromatic nitrogens is 2. The number of benzene rings is 1. The molecule has 0 saturated carbocycles. The van der Waals surface area contributed by atoms with E-state index in [4.69, 9.17) is 9.47 Å². The Hall–Kier alpha value is -2.73. The first-order valence-electron chi connectivity index (χ1n) is 8.36. The SMILES string of the molecule is COCCOCCn1cc(C#N)c2cc(-c3nc(C)c(C(=O)O)s3)ccc21. The number of hydrogen-bond acceptors (Lipinski definition) is 6. The van der Waals surface area contributed by atoms with Crippen LogP contribution in [0.15, 0.2) is 24.4 Å². The van der Waals surface area contributed by atoms with Crippen LogP contribution in [0.25, 0.3) is 21.5 Å². The van der Waals surface area contributed by atoms with Gasteiger partial charge in [0, 0.05) is 36.3 Å². The molecule has 2 heterocycles. The molecule has 0 aliphatic carbocycles. The van der Waals surface area contributed by atoms with Crippen molar-refractivity contribution in [1.29, 1.82) is 5.26 Å². The predicted molar refractivity (Wildman–Crippen MR) is 102 cm³/mol. The minimum atomic E-state index is -0.977. The second-order valence-corrected chi connectivity index (χ2v) is 6.92. The normalized spacial score (nSPS) is 11.0. The second kappa shape index (κ2) is 8.31. The van der Waals surface area contributed by atoms with Crippen molar-refractivity contribution in [2.24, 2.45) is 0 Å². The number of hydrogen-bond donors (Lipinski definition) is 1. The molecule has 0 radical (unpaired) electrons. The van der Waals surface area contributed by atoms with Crippen LogP contribution < -0.4 is 0 Å². The molecule has 0 aliphatic heterocycles. The molecule has 7 nitrogen and oxygen atoms in total. The second-order valence-electron chi connectivity index (χ2n) is 5.92. The van der Waals surface area contributed by atoms with Gasteiger partial charge in [0.15, 0.2) is 0 Å². The number of carbonyl (C=O) groups is 1. The summed E-state index contributed by atoms with van der Waals surface area (Å²) in [5, 5.41) is 20.1. The molecule has 2 aromatic heterocycles. The summed E-state index contributed by atoms with van der Waals surface area (Å²) in [4.78, 5) is 15.9. The lowest BCUT2D eigenvalue weighted by atomic mass is 10.1. The Morgan fingerprint density at radius 1 is 1.37 bits per heavy atom. The largest absolute Gasteiger partial charge is 0.477 e. The van der Waals surface area contributed by atoms with E-state index in [1.807, 2.05) is 29.0 Å². The number of methoxy groups -OCH3 is 1. The number of aryl methyl sites for hydroxylation is 1. The monoisotopic (exact) mass is 385 g/mol. The minimum Gasteiger partial charge on any atom is -0.477 e. The van der Waals surface area contributed by atoms with Crippen LogP contribution in [0, 0.1) is 18.3 Å². The number of nitrogens with zero attached hydrogens (tertiary/aromatic N) is 3. The Labute approximate surface area is 160 Å². The van der Waals surface area contributed by atoms with Gasteiger partial charge in [-0.25, -0.2) is 9.78 Å². The van der Waals surface area contributed by atoms with Crippen molar-refractivity contribution in [3.05, 3.63) is 40.5 Å². The molecular formula is C19H19N3O4S. The maximum absolute atomic E-state index is 11.3. The maximum Gasteiger partial charge on any atom is 0.347 e. The smallest absolute Gasteiger partial charge is 0.347 e. The highest BCUT2D eigenvalue weighted by Gasteiger charge is 2.16. The molecule has 0 spiro atoms. The standard InChI is InChI=1S/C19H19N3O4S/c1-12-17(19(23)24)27-18(21-12)13-3-4-16-15(9-13)14(10-20)11-22(16)5-6-26-8-7-25-2/h3-4,9,11H,5-8H2,1-2H3,(H,23,24). The van der Waals surface area contributed by atoms with Gasteiger partial charge in [-0.05, 0) is 25.1 Å². The fourth-order valence-corrected chi connectivity index (χ4v) is 3.73. The first-order valence-corrected chi connectivity index (χ1v) is 9.17. The van der Waals surface area contributed by atoms with Gasteiger partial charge in [-0.2, -0.15) is 5.26 Å². The van der Waals surface area contributed by atoms with Crippen LogP contribution in [0.1, 0.15) is 20.9 Å². The van der Waals surface area contributed by atoms with Gasteiger partial charge in [0.1, 0.15) is 16.0 Å². The maximum atomic E-state index is 11.3. The van der Waals surface area contributed by atoms with Crippen molar-refractivity contribution < 1.29 is 19.4 Å². The third-order valence-corrected chi connectivity index (χ3v) is 5.34. The van der Waals surface area contributed by atoms with E-state index in [1.54, 1.807) is 14.0 Å². The minimum absolute atomic E-state index is 0.233. The van der Waals surface area contributed by atoms with Crippen LogP contribution in [0.2, 0.25) is 0 Å². The summed E-state index contributed by atoms with van der Waals surface area (Å²) in [5.41, 5.74) is 2.79. The summed E-state index contributed by atoms with van der Waals surface area (Å²) in [6, 6.07) is 7.94. The van der Waals surface area contributed by atoms with Crippen LogP contribution in [-0.2, 0) is 16.0 Å². The number of nitriles is 1. The Bertz CT molecular complexity index is 1020. The van der Waals surface area contributed by atoms with Crippen molar-refractivity contribution in [1.82, 2.24) is 9.55 Å². The van der Waals surface area contributed by atoms with Crippen molar-refractivity contribution >= 4 is 28.2 Å². The van der Waals surface area contributed by atoms with E-state index in [2.05, 4.69) is 11.1 Å². The Morgan fingerprint density at radius 2 is 2.19 bits per heavy atom. The third-order valence-electron chi connectivity index (χ3n) is 4.15. The van der Waals surface area contributed by atoms with Crippen molar-refractivity contribution in [3.63, 3.8) is 0 Å². The topological polar surface area (TPSA) is 97.4 Å². The first kappa shape index (κ1) is 19.0. The summed E-state index contributed by atoms with van der Waals surface area (Å²) < 4.78 is 12.4. The molecule has 3 rings (SSSR count). The number of rotatable bonds is 8. The fraction of sp³-hybridized carbons (Fsp3) is 0.316. The van der Waals surface area contributed by atoms with Crippen LogP contribution in [0.3, 0.4) is 0 Å². The molecule has 3 aromatic rings. The molecular weight excluding hydrogens is 366 g/mol. The van der Waals surface area contributed by atoms with Crippen LogP contribution in [0.5, 0.6) is 0 Å². The third kappa shape index (κ3) is 4.01.